The predicted octanol–water partition coefficient (Wildman–Crippen LogP) is -3.93. The molecule has 0 fully saturated rings. The summed E-state index contributed by atoms with van der Waals surface area (Å²) in [5.74, 6) is -1.99. The number of aliphatic carboxylic acids is 1. The van der Waals surface area contributed by atoms with Crippen LogP contribution in [0.4, 0.5) is 0 Å². The first-order chi connectivity index (χ1) is 4.16. The van der Waals surface area contributed by atoms with Gasteiger partial charge in [-0.2, -0.15) is 0 Å². The maximum absolute atomic E-state index is 10.2. The number of halogens is 1. The second-order valence-corrected chi connectivity index (χ2v) is 1.50. The number of aliphatic imine (C=N–C) groups is 1. The Morgan fingerprint density at radius 2 is 2.20 bits per heavy atom. The molecular formula is C4H5ClNNaO3. The first kappa shape index (κ1) is 12.9. The molecule has 52 valence electrons. The van der Waals surface area contributed by atoms with Crippen molar-refractivity contribution in [3.8, 4) is 0 Å². The molecular weight excluding hydrogens is 168 g/mol. The molecule has 0 aliphatic heterocycles. The molecule has 0 unspecified atom stereocenters. The van der Waals surface area contributed by atoms with Gasteiger partial charge in [0, 0.05) is 0 Å². The molecule has 10 heavy (non-hydrogen) atoms. The van der Waals surface area contributed by atoms with Crippen molar-refractivity contribution in [2.75, 3.05) is 12.4 Å². The second kappa shape index (κ2) is 7.34. The van der Waals surface area contributed by atoms with E-state index in [1.54, 1.807) is 0 Å². The Morgan fingerprint density at radius 1 is 1.70 bits per heavy atom. The van der Waals surface area contributed by atoms with Crippen molar-refractivity contribution >= 4 is 23.5 Å². The molecule has 0 aromatic heterocycles. The number of alkyl halides is 1. The van der Waals surface area contributed by atoms with Gasteiger partial charge in [0.1, 0.15) is 6.54 Å². The molecule has 0 aromatic rings. The minimum Gasteiger partial charge on any atom is -0.861 e. The summed E-state index contributed by atoms with van der Waals surface area (Å²) in [6.07, 6.45) is 0. The van der Waals surface area contributed by atoms with Crippen LogP contribution >= 0.6 is 11.6 Å². The standard InChI is InChI=1S/C4H6ClNO3.Na/c5-1-3(7)6-2-4(8)9;/h1-2H2,(H,6,7)(H,8,9);/q;+1/p-1. The Morgan fingerprint density at radius 3 is 2.50 bits per heavy atom. The van der Waals surface area contributed by atoms with E-state index < -0.39 is 18.4 Å². The van der Waals surface area contributed by atoms with E-state index in [0.717, 1.165) is 0 Å². The zero-order valence-electron chi connectivity index (χ0n) is 5.50. The van der Waals surface area contributed by atoms with Gasteiger partial charge in [-0.15, -0.1) is 11.6 Å². The normalized spacial score (nSPS) is 10.3. The van der Waals surface area contributed by atoms with Gasteiger partial charge in [-0.05, 0) is 5.90 Å². The van der Waals surface area contributed by atoms with Gasteiger partial charge in [-0.25, -0.2) is 0 Å². The molecule has 0 heterocycles. The van der Waals surface area contributed by atoms with Crippen LogP contribution in [0.1, 0.15) is 0 Å². The molecule has 0 radical (unpaired) electrons. The van der Waals surface area contributed by atoms with Crippen LogP contribution in [0.15, 0.2) is 4.99 Å². The van der Waals surface area contributed by atoms with Crippen molar-refractivity contribution < 1.29 is 44.6 Å². The van der Waals surface area contributed by atoms with Crippen molar-refractivity contribution in [1.82, 2.24) is 0 Å². The van der Waals surface area contributed by atoms with Crippen LogP contribution in [0.2, 0.25) is 0 Å². The third kappa shape index (κ3) is 8.23. The number of hydrogen-bond donors (Lipinski definition) is 1. The number of carboxylic acid groups (broad SMARTS) is 1. The van der Waals surface area contributed by atoms with Gasteiger partial charge in [0.25, 0.3) is 0 Å². The summed E-state index contributed by atoms with van der Waals surface area (Å²) in [4.78, 5) is 12.8. The maximum Gasteiger partial charge on any atom is 1.00 e. The van der Waals surface area contributed by atoms with Gasteiger partial charge in [0.05, 0.1) is 5.88 Å². The van der Waals surface area contributed by atoms with Crippen LogP contribution < -0.4 is 34.7 Å². The van der Waals surface area contributed by atoms with E-state index in [4.69, 9.17) is 16.7 Å². The van der Waals surface area contributed by atoms with Gasteiger partial charge in [0.15, 0.2) is 0 Å². The van der Waals surface area contributed by atoms with Crippen molar-refractivity contribution in [2.24, 2.45) is 4.99 Å². The molecule has 0 aliphatic carbocycles. The van der Waals surface area contributed by atoms with Crippen LogP contribution in [0.5, 0.6) is 0 Å². The summed E-state index contributed by atoms with van der Waals surface area (Å²) in [5, 5.41) is 18.1. The smallest absolute Gasteiger partial charge is 0.861 e. The van der Waals surface area contributed by atoms with Crippen LogP contribution in [0, 0.1) is 0 Å². The molecule has 0 aliphatic rings. The third-order valence-electron chi connectivity index (χ3n) is 0.505. The summed E-state index contributed by atoms with van der Waals surface area (Å²) in [5.41, 5.74) is 0. The average molecular weight is 174 g/mol. The molecule has 0 bridgehead atoms. The molecule has 0 saturated heterocycles. The maximum atomic E-state index is 10.2. The van der Waals surface area contributed by atoms with Crippen molar-refractivity contribution in [3.63, 3.8) is 0 Å². The molecule has 1 N–H and O–H groups in total. The third-order valence-corrected chi connectivity index (χ3v) is 0.734. The minimum absolute atomic E-state index is 0. The molecule has 4 nitrogen and oxygen atoms in total. The molecule has 0 spiro atoms. The van der Waals surface area contributed by atoms with E-state index in [0.29, 0.717) is 0 Å². The monoisotopic (exact) mass is 173 g/mol. The van der Waals surface area contributed by atoms with E-state index in [2.05, 4.69) is 4.99 Å². The number of hydrogen-bond acceptors (Lipinski definition) is 3. The van der Waals surface area contributed by atoms with E-state index >= 15 is 0 Å². The average Bonchev–Trinajstić information content (AvgIpc) is 1.83. The molecule has 0 saturated carbocycles. The Kier molecular flexibility index (Phi) is 9.44. The molecule has 0 rings (SSSR count). The number of carbonyl (C=O) groups is 1. The quantitative estimate of drug-likeness (QED) is 0.205. The first-order valence-electron chi connectivity index (χ1n) is 2.15. The summed E-state index contributed by atoms with van der Waals surface area (Å²) in [6.45, 7) is -0.494. The summed E-state index contributed by atoms with van der Waals surface area (Å²) >= 11 is 5.00. The fourth-order valence-electron chi connectivity index (χ4n) is 0.198. The van der Waals surface area contributed by atoms with Gasteiger partial charge < -0.3 is 10.2 Å². The van der Waals surface area contributed by atoms with Crippen LogP contribution in [0.3, 0.4) is 0 Å². The Balaban J connectivity index is 0. The van der Waals surface area contributed by atoms with Crippen LogP contribution in [-0.2, 0) is 4.79 Å². The van der Waals surface area contributed by atoms with Crippen molar-refractivity contribution in [2.45, 2.75) is 0 Å². The molecule has 0 aromatic carbocycles. The van der Waals surface area contributed by atoms with Crippen LogP contribution in [-0.4, -0.2) is 29.4 Å². The summed E-state index contributed by atoms with van der Waals surface area (Å²) in [6, 6.07) is 0. The zero-order chi connectivity index (χ0) is 7.28. The van der Waals surface area contributed by atoms with Crippen molar-refractivity contribution in [1.29, 1.82) is 0 Å². The predicted molar refractivity (Wildman–Crippen MR) is 30.7 cm³/mol. The Hall–Kier alpha value is 0.230. The second-order valence-electron chi connectivity index (χ2n) is 1.24. The van der Waals surface area contributed by atoms with E-state index in [1.165, 1.54) is 0 Å². The SMILES string of the molecule is O=C(O)CN=C([O-])CCl.[Na+]. The number of rotatable bonds is 3. The first-order valence-corrected chi connectivity index (χ1v) is 2.68. The largest absolute Gasteiger partial charge is 1.00 e. The molecule has 6 heteroatoms. The fourth-order valence-corrected chi connectivity index (χ4v) is 0.283. The van der Waals surface area contributed by atoms with Gasteiger partial charge >= 0.3 is 35.5 Å². The fraction of sp³-hybridized carbons (Fsp3) is 0.500. The Labute approximate surface area is 85.2 Å². The summed E-state index contributed by atoms with van der Waals surface area (Å²) < 4.78 is 0. The van der Waals surface area contributed by atoms with Gasteiger partial charge in [-0.3, -0.25) is 9.79 Å². The van der Waals surface area contributed by atoms with E-state index in [-0.39, 0.29) is 35.4 Å². The van der Waals surface area contributed by atoms with Gasteiger partial charge in [0.2, 0.25) is 0 Å². The number of carboxylic acids is 1. The van der Waals surface area contributed by atoms with Crippen molar-refractivity contribution in [3.05, 3.63) is 0 Å². The topological polar surface area (TPSA) is 72.7 Å². The zero-order valence-corrected chi connectivity index (χ0v) is 8.26. The molecule has 0 atom stereocenters. The Bertz CT molecular complexity index is 138. The van der Waals surface area contributed by atoms with E-state index in [1.807, 2.05) is 0 Å². The minimum atomic E-state index is -1.13. The van der Waals surface area contributed by atoms with E-state index in [9.17, 15) is 9.90 Å². The number of nitrogens with zero attached hydrogens (tertiary/aromatic N) is 1. The van der Waals surface area contributed by atoms with Gasteiger partial charge in [-0.1, -0.05) is 0 Å². The molecule has 0 amide bonds. The summed E-state index contributed by atoms with van der Waals surface area (Å²) in [7, 11) is 0. The van der Waals surface area contributed by atoms with Crippen LogP contribution in [0.25, 0.3) is 0 Å².